The van der Waals surface area contributed by atoms with Gasteiger partial charge in [-0.05, 0) is 36.8 Å². The second-order valence-corrected chi connectivity index (χ2v) is 7.09. The minimum Gasteiger partial charge on any atom is -0.361 e. The van der Waals surface area contributed by atoms with Crippen molar-refractivity contribution in [3.63, 3.8) is 0 Å². The van der Waals surface area contributed by atoms with Crippen LogP contribution in [0.1, 0.15) is 17.3 Å². The molecule has 0 aliphatic carbocycles. The fourth-order valence-corrected chi connectivity index (χ4v) is 2.95. The monoisotopic (exact) mass is 396 g/mol. The molecule has 0 unspecified atom stereocenters. The maximum Gasteiger partial charge on any atom is 0.246 e. The van der Waals surface area contributed by atoms with E-state index in [0.29, 0.717) is 16.3 Å². The van der Waals surface area contributed by atoms with Crippen LogP contribution in [0.2, 0.25) is 5.02 Å². The summed E-state index contributed by atoms with van der Waals surface area (Å²) in [5.41, 5.74) is 3.01. The molecule has 0 aliphatic rings. The van der Waals surface area contributed by atoms with Crippen molar-refractivity contribution in [3.05, 3.63) is 65.3 Å². The zero-order chi connectivity index (χ0) is 20.3. The lowest BCUT2D eigenvalue weighted by Gasteiger charge is -2.11. The number of carbonyl (C=O) groups is 2. The van der Waals surface area contributed by atoms with Gasteiger partial charge in [0.25, 0.3) is 0 Å². The topological polar surface area (TPSA) is 67.2 Å². The summed E-state index contributed by atoms with van der Waals surface area (Å²) in [6.45, 7) is 1.55. The molecule has 0 saturated heterocycles. The first-order valence-corrected chi connectivity index (χ1v) is 9.13. The first-order chi connectivity index (χ1) is 13.3. The molecule has 7 heteroatoms. The number of nitrogens with zero attached hydrogens (tertiary/aromatic N) is 3. The molecule has 3 aromatic rings. The van der Waals surface area contributed by atoms with Crippen LogP contribution in [0.4, 0.5) is 11.5 Å². The number of ketones is 1. The fraction of sp³-hybridized carbons (Fsp3) is 0.190. The summed E-state index contributed by atoms with van der Waals surface area (Å²) in [6, 6.07) is 14.3. The minimum absolute atomic E-state index is 0.0496. The summed E-state index contributed by atoms with van der Waals surface area (Å²) < 4.78 is 1.60. The highest BCUT2D eigenvalue weighted by Gasteiger charge is 2.15. The van der Waals surface area contributed by atoms with Gasteiger partial charge in [0.2, 0.25) is 5.91 Å². The van der Waals surface area contributed by atoms with Crippen LogP contribution in [-0.2, 0) is 11.3 Å². The molecular formula is C21H21ClN4O2. The van der Waals surface area contributed by atoms with Crippen molar-refractivity contribution in [2.75, 3.05) is 24.3 Å². The van der Waals surface area contributed by atoms with Gasteiger partial charge in [0.05, 0.1) is 0 Å². The molecule has 0 fully saturated rings. The Kier molecular flexibility index (Phi) is 5.80. The number of halogens is 1. The number of aromatic nitrogens is 2. The Hall–Kier alpha value is -3.12. The molecule has 0 spiro atoms. The molecule has 1 aromatic heterocycles. The molecule has 3 rings (SSSR count). The molecule has 0 bridgehead atoms. The number of Topliss-reactive ketones (excluding diaryl/α,β-unsaturated/α-hetero) is 1. The first-order valence-electron chi connectivity index (χ1n) is 8.75. The molecule has 0 saturated carbocycles. The van der Waals surface area contributed by atoms with Gasteiger partial charge in [-0.2, -0.15) is 5.10 Å². The van der Waals surface area contributed by atoms with Crippen molar-refractivity contribution in [2.24, 2.45) is 0 Å². The van der Waals surface area contributed by atoms with E-state index in [2.05, 4.69) is 10.4 Å². The molecule has 0 radical (unpaired) electrons. The van der Waals surface area contributed by atoms with E-state index >= 15 is 0 Å². The van der Waals surface area contributed by atoms with Crippen molar-refractivity contribution in [2.45, 2.75) is 13.5 Å². The zero-order valence-corrected chi connectivity index (χ0v) is 16.7. The Morgan fingerprint density at radius 1 is 1.14 bits per heavy atom. The van der Waals surface area contributed by atoms with Crippen LogP contribution in [-0.4, -0.2) is 35.6 Å². The van der Waals surface area contributed by atoms with Crippen LogP contribution in [0.15, 0.2) is 54.7 Å². The van der Waals surface area contributed by atoms with Crippen LogP contribution in [0, 0.1) is 0 Å². The average molecular weight is 397 g/mol. The van der Waals surface area contributed by atoms with Gasteiger partial charge in [-0.3, -0.25) is 14.3 Å². The van der Waals surface area contributed by atoms with Gasteiger partial charge in [0.15, 0.2) is 11.6 Å². The van der Waals surface area contributed by atoms with E-state index in [9.17, 15) is 9.59 Å². The highest BCUT2D eigenvalue weighted by molar-refractivity contribution is 6.30. The van der Waals surface area contributed by atoms with Crippen LogP contribution in [0.3, 0.4) is 0 Å². The van der Waals surface area contributed by atoms with E-state index in [1.165, 1.54) is 6.92 Å². The Morgan fingerprint density at radius 3 is 2.50 bits per heavy atom. The number of carbonyl (C=O) groups excluding carboxylic acids is 2. The van der Waals surface area contributed by atoms with Crippen molar-refractivity contribution in [1.29, 1.82) is 0 Å². The number of benzene rings is 2. The third-order valence-electron chi connectivity index (χ3n) is 4.18. The van der Waals surface area contributed by atoms with Crippen molar-refractivity contribution >= 4 is 34.8 Å². The Labute approximate surface area is 168 Å². The second kappa shape index (κ2) is 8.27. The lowest BCUT2D eigenvalue weighted by Crippen LogP contribution is -2.19. The minimum atomic E-state index is -0.226. The van der Waals surface area contributed by atoms with E-state index in [4.69, 9.17) is 11.6 Å². The number of amides is 1. The summed E-state index contributed by atoms with van der Waals surface area (Å²) in [5, 5.41) is 8.00. The number of anilines is 2. The number of rotatable bonds is 6. The summed E-state index contributed by atoms with van der Waals surface area (Å²) in [6.07, 6.45) is 1.84. The van der Waals surface area contributed by atoms with Gasteiger partial charge in [-0.15, -0.1) is 0 Å². The van der Waals surface area contributed by atoms with Crippen molar-refractivity contribution < 1.29 is 9.59 Å². The highest BCUT2D eigenvalue weighted by Crippen LogP contribution is 2.29. The SMILES string of the molecule is CC(=O)c1cccc(NC(=O)Cn2cc(-c3ccc(Cl)cc3)c(N(C)C)n2)c1. The molecular weight excluding hydrogens is 376 g/mol. The molecule has 1 N–H and O–H groups in total. The average Bonchev–Trinajstić information content (AvgIpc) is 3.06. The van der Waals surface area contributed by atoms with Gasteiger partial charge in [0, 0.05) is 42.1 Å². The molecule has 0 aliphatic heterocycles. The molecule has 6 nitrogen and oxygen atoms in total. The number of nitrogens with one attached hydrogen (secondary N) is 1. The van der Waals surface area contributed by atoms with E-state index < -0.39 is 0 Å². The predicted octanol–water partition coefficient (Wildman–Crippen LogP) is 4.11. The summed E-state index contributed by atoms with van der Waals surface area (Å²) in [5.74, 6) is 0.483. The van der Waals surface area contributed by atoms with Gasteiger partial charge >= 0.3 is 0 Å². The van der Waals surface area contributed by atoms with Gasteiger partial charge < -0.3 is 10.2 Å². The molecule has 1 heterocycles. The molecule has 0 atom stereocenters. The zero-order valence-electron chi connectivity index (χ0n) is 15.9. The quantitative estimate of drug-likeness (QED) is 0.636. The second-order valence-electron chi connectivity index (χ2n) is 6.65. The predicted molar refractivity (Wildman–Crippen MR) is 112 cm³/mol. The summed E-state index contributed by atoms with van der Waals surface area (Å²) in [7, 11) is 3.80. The van der Waals surface area contributed by atoms with Crippen molar-refractivity contribution in [3.8, 4) is 11.1 Å². The largest absolute Gasteiger partial charge is 0.361 e. The van der Waals surface area contributed by atoms with Crippen LogP contribution >= 0.6 is 11.6 Å². The van der Waals surface area contributed by atoms with Gasteiger partial charge in [-0.1, -0.05) is 35.9 Å². The maximum absolute atomic E-state index is 12.4. The first kappa shape index (κ1) is 19.6. The number of hydrogen-bond acceptors (Lipinski definition) is 4. The standard InChI is InChI=1S/C21H21ClN4O2/c1-14(27)16-5-4-6-18(11-16)23-20(28)13-26-12-19(21(24-26)25(2)3)15-7-9-17(22)10-8-15/h4-12H,13H2,1-3H3,(H,23,28). The summed E-state index contributed by atoms with van der Waals surface area (Å²) >= 11 is 5.98. The van der Waals surface area contributed by atoms with E-state index in [1.807, 2.05) is 49.5 Å². The van der Waals surface area contributed by atoms with E-state index in [-0.39, 0.29) is 18.2 Å². The lowest BCUT2D eigenvalue weighted by molar-refractivity contribution is -0.116. The highest BCUT2D eigenvalue weighted by atomic mass is 35.5. The van der Waals surface area contributed by atoms with Crippen LogP contribution in [0.5, 0.6) is 0 Å². The third kappa shape index (κ3) is 4.58. The summed E-state index contributed by atoms with van der Waals surface area (Å²) in [4.78, 5) is 25.8. The fourth-order valence-electron chi connectivity index (χ4n) is 2.82. The third-order valence-corrected chi connectivity index (χ3v) is 4.43. The van der Waals surface area contributed by atoms with Crippen LogP contribution < -0.4 is 10.2 Å². The van der Waals surface area contributed by atoms with Gasteiger partial charge in [0.1, 0.15) is 6.54 Å². The maximum atomic E-state index is 12.4. The van der Waals surface area contributed by atoms with E-state index in [0.717, 1.165) is 16.9 Å². The smallest absolute Gasteiger partial charge is 0.246 e. The number of hydrogen-bond donors (Lipinski definition) is 1. The Balaban J connectivity index is 1.79. The van der Waals surface area contributed by atoms with Crippen LogP contribution in [0.25, 0.3) is 11.1 Å². The van der Waals surface area contributed by atoms with Crippen molar-refractivity contribution in [1.82, 2.24) is 9.78 Å². The Bertz CT molecular complexity index is 1010. The molecule has 144 valence electrons. The van der Waals surface area contributed by atoms with Gasteiger partial charge in [-0.25, -0.2) is 0 Å². The molecule has 28 heavy (non-hydrogen) atoms. The Morgan fingerprint density at radius 2 is 1.86 bits per heavy atom. The molecule has 1 amide bonds. The van der Waals surface area contributed by atoms with E-state index in [1.54, 1.807) is 28.9 Å². The molecule has 2 aromatic carbocycles. The lowest BCUT2D eigenvalue weighted by atomic mass is 10.1. The normalized spacial score (nSPS) is 10.6.